The molecule has 0 radical (unpaired) electrons. The molecule has 32 heavy (non-hydrogen) atoms. The van der Waals surface area contributed by atoms with E-state index < -0.39 is 6.10 Å². The summed E-state index contributed by atoms with van der Waals surface area (Å²) in [5.74, 6) is 0.272. The van der Waals surface area contributed by atoms with Crippen molar-refractivity contribution < 1.29 is 14.3 Å². The lowest BCUT2D eigenvalue weighted by Gasteiger charge is -2.18. The molecule has 2 unspecified atom stereocenters. The molecule has 3 aromatic rings. The summed E-state index contributed by atoms with van der Waals surface area (Å²) in [6.45, 7) is 7.54. The summed E-state index contributed by atoms with van der Waals surface area (Å²) < 4.78 is 6.89. The number of amides is 2. The van der Waals surface area contributed by atoms with E-state index in [1.165, 1.54) is 0 Å². The fraction of sp³-hybridized carbons (Fsp3) is 0.231. The van der Waals surface area contributed by atoms with E-state index in [0.717, 1.165) is 21.2 Å². The first-order valence-corrected chi connectivity index (χ1v) is 11.2. The van der Waals surface area contributed by atoms with Crippen LogP contribution in [0.1, 0.15) is 46.9 Å². The van der Waals surface area contributed by atoms with Gasteiger partial charge in [0.1, 0.15) is 5.75 Å². The van der Waals surface area contributed by atoms with Gasteiger partial charge in [-0.3, -0.25) is 9.59 Å². The Hall–Kier alpha value is -3.12. The Morgan fingerprint density at radius 2 is 1.50 bits per heavy atom. The van der Waals surface area contributed by atoms with Crippen molar-refractivity contribution in [2.75, 3.05) is 5.32 Å². The van der Waals surface area contributed by atoms with Gasteiger partial charge in [-0.15, -0.1) is 0 Å². The Balaban J connectivity index is 1.59. The van der Waals surface area contributed by atoms with Crippen molar-refractivity contribution in [3.8, 4) is 5.75 Å². The Morgan fingerprint density at radius 3 is 2.09 bits per heavy atom. The molecule has 0 bridgehead atoms. The average Bonchev–Trinajstić information content (AvgIpc) is 2.77. The van der Waals surface area contributed by atoms with Crippen LogP contribution in [-0.4, -0.2) is 17.9 Å². The van der Waals surface area contributed by atoms with Gasteiger partial charge in [-0.2, -0.15) is 0 Å². The van der Waals surface area contributed by atoms with Gasteiger partial charge in [0.15, 0.2) is 6.10 Å². The second-order valence-corrected chi connectivity index (χ2v) is 8.72. The van der Waals surface area contributed by atoms with Crippen LogP contribution in [0.15, 0.2) is 71.2 Å². The minimum Gasteiger partial charge on any atom is -0.480 e. The standard InChI is InChI=1S/C26H27BrN2O3/c1-16-14-22(27)15-17(2)24(16)32-19(4)25(30)29-23-12-10-21(11-13-23)26(31)28-18(3)20-8-6-5-7-9-20/h5-15,18-19H,1-4H3,(H,28,31)(H,29,30). The maximum Gasteiger partial charge on any atom is 0.265 e. The van der Waals surface area contributed by atoms with Crippen LogP contribution in [0, 0.1) is 13.8 Å². The molecular weight excluding hydrogens is 468 g/mol. The molecule has 6 heteroatoms. The second kappa shape index (κ2) is 10.5. The number of carbonyl (C=O) groups excluding carboxylic acids is 2. The predicted molar refractivity (Wildman–Crippen MR) is 131 cm³/mol. The van der Waals surface area contributed by atoms with Gasteiger partial charge in [-0.1, -0.05) is 46.3 Å². The number of hydrogen-bond donors (Lipinski definition) is 2. The molecule has 2 amide bonds. The van der Waals surface area contributed by atoms with E-state index in [4.69, 9.17) is 4.74 Å². The van der Waals surface area contributed by atoms with E-state index in [0.29, 0.717) is 17.0 Å². The van der Waals surface area contributed by atoms with Crippen molar-refractivity contribution in [2.24, 2.45) is 0 Å². The molecule has 0 aromatic heterocycles. The molecule has 0 aliphatic heterocycles. The number of ether oxygens (including phenoxy) is 1. The molecule has 166 valence electrons. The van der Waals surface area contributed by atoms with Gasteiger partial charge in [0.25, 0.3) is 11.8 Å². The predicted octanol–water partition coefficient (Wildman–Crippen LogP) is 5.96. The van der Waals surface area contributed by atoms with E-state index in [2.05, 4.69) is 26.6 Å². The SMILES string of the molecule is Cc1cc(Br)cc(C)c1OC(C)C(=O)Nc1ccc(C(=O)NC(C)c2ccccc2)cc1. The number of aryl methyl sites for hydroxylation is 2. The van der Waals surface area contributed by atoms with Crippen LogP contribution >= 0.6 is 15.9 Å². The maximum atomic E-state index is 12.6. The van der Waals surface area contributed by atoms with Gasteiger partial charge < -0.3 is 15.4 Å². The third-order valence-corrected chi connectivity index (χ3v) is 5.61. The van der Waals surface area contributed by atoms with Crippen LogP contribution in [-0.2, 0) is 4.79 Å². The molecule has 3 rings (SSSR count). The van der Waals surface area contributed by atoms with Crippen LogP contribution < -0.4 is 15.4 Å². The summed E-state index contributed by atoms with van der Waals surface area (Å²) >= 11 is 3.46. The quantitative estimate of drug-likeness (QED) is 0.425. The fourth-order valence-corrected chi connectivity index (χ4v) is 4.05. The molecule has 0 saturated carbocycles. The zero-order valence-electron chi connectivity index (χ0n) is 18.6. The lowest BCUT2D eigenvalue weighted by molar-refractivity contribution is -0.122. The van der Waals surface area contributed by atoms with Gasteiger partial charge in [-0.05, 0) is 80.8 Å². The minimum absolute atomic E-state index is 0.105. The summed E-state index contributed by atoms with van der Waals surface area (Å²) in [5.41, 5.74) is 4.07. The molecule has 0 fully saturated rings. The van der Waals surface area contributed by atoms with Crippen molar-refractivity contribution in [1.82, 2.24) is 5.32 Å². The van der Waals surface area contributed by atoms with Crippen molar-refractivity contribution in [3.05, 3.63) is 93.5 Å². The molecule has 0 saturated heterocycles. The van der Waals surface area contributed by atoms with Gasteiger partial charge in [0.05, 0.1) is 6.04 Å². The van der Waals surface area contributed by atoms with Crippen LogP contribution in [0.3, 0.4) is 0 Å². The van der Waals surface area contributed by atoms with E-state index in [1.54, 1.807) is 31.2 Å². The molecule has 5 nitrogen and oxygen atoms in total. The van der Waals surface area contributed by atoms with Gasteiger partial charge >= 0.3 is 0 Å². The van der Waals surface area contributed by atoms with Gasteiger partial charge in [0, 0.05) is 15.7 Å². The van der Waals surface area contributed by atoms with Crippen molar-refractivity contribution in [3.63, 3.8) is 0 Å². The summed E-state index contributed by atoms with van der Waals surface area (Å²) in [5, 5.41) is 5.82. The van der Waals surface area contributed by atoms with E-state index in [1.807, 2.05) is 63.2 Å². The molecule has 0 spiro atoms. The van der Waals surface area contributed by atoms with Crippen LogP contribution in [0.2, 0.25) is 0 Å². The highest BCUT2D eigenvalue weighted by molar-refractivity contribution is 9.10. The number of halogens is 1. The highest BCUT2D eigenvalue weighted by Crippen LogP contribution is 2.28. The number of nitrogens with one attached hydrogen (secondary N) is 2. The Kier molecular flexibility index (Phi) is 7.70. The molecule has 0 heterocycles. The minimum atomic E-state index is -0.678. The molecule has 2 atom stereocenters. The zero-order chi connectivity index (χ0) is 23.3. The Bertz CT molecular complexity index is 1070. The highest BCUT2D eigenvalue weighted by Gasteiger charge is 2.18. The lowest BCUT2D eigenvalue weighted by atomic mass is 10.1. The Labute approximate surface area is 197 Å². The maximum absolute atomic E-state index is 12.6. The second-order valence-electron chi connectivity index (χ2n) is 7.80. The van der Waals surface area contributed by atoms with Crippen molar-refractivity contribution in [2.45, 2.75) is 39.8 Å². The van der Waals surface area contributed by atoms with Crippen molar-refractivity contribution in [1.29, 1.82) is 0 Å². The molecular formula is C26H27BrN2O3. The lowest BCUT2D eigenvalue weighted by Crippen LogP contribution is -2.30. The summed E-state index contributed by atoms with van der Waals surface area (Å²) in [6.07, 6.45) is -0.678. The van der Waals surface area contributed by atoms with E-state index in [9.17, 15) is 9.59 Å². The molecule has 3 aromatic carbocycles. The van der Waals surface area contributed by atoms with Crippen LogP contribution in [0.5, 0.6) is 5.75 Å². The summed E-state index contributed by atoms with van der Waals surface area (Å²) in [4.78, 5) is 25.1. The number of rotatable bonds is 7. The van der Waals surface area contributed by atoms with Gasteiger partial charge in [0.2, 0.25) is 0 Å². The third kappa shape index (κ3) is 5.98. The third-order valence-electron chi connectivity index (χ3n) is 5.15. The van der Waals surface area contributed by atoms with E-state index in [-0.39, 0.29) is 17.9 Å². The summed E-state index contributed by atoms with van der Waals surface area (Å²) in [6, 6.07) is 20.4. The topological polar surface area (TPSA) is 67.4 Å². The fourth-order valence-electron chi connectivity index (χ4n) is 3.37. The zero-order valence-corrected chi connectivity index (χ0v) is 20.2. The first-order chi connectivity index (χ1) is 15.2. The first-order valence-electron chi connectivity index (χ1n) is 10.4. The number of anilines is 1. The molecule has 2 N–H and O–H groups in total. The largest absolute Gasteiger partial charge is 0.480 e. The first kappa shape index (κ1) is 23.5. The number of carbonyl (C=O) groups is 2. The van der Waals surface area contributed by atoms with Crippen LogP contribution in [0.4, 0.5) is 5.69 Å². The number of hydrogen-bond acceptors (Lipinski definition) is 3. The monoisotopic (exact) mass is 494 g/mol. The average molecular weight is 495 g/mol. The normalized spacial score (nSPS) is 12.5. The van der Waals surface area contributed by atoms with Crippen molar-refractivity contribution >= 4 is 33.4 Å². The molecule has 0 aliphatic carbocycles. The Morgan fingerprint density at radius 1 is 0.906 bits per heavy atom. The van der Waals surface area contributed by atoms with Crippen LogP contribution in [0.25, 0.3) is 0 Å². The smallest absolute Gasteiger partial charge is 0.265 e. The number of benzene rings is 3. The van der Waals surface area contributed by atoms with E-state index >= 15 is 0 Å². The summed E-state index contributed by atoms with van der Waals surface area (Å²) in [7, 11) is 0. The molecule has 0 aliphatic rings. The van der Waals surface area contributed by atoms with Gasteiger partial charge in [-0.25, -0.2) is 0 Å². The highest BCUT2D eigenvalue weighted by atomic mass is 79.9.